The molecular weight excluding hydrogens is 364 g/mol. The number of nitrogens with zero attached hydrogens (tertiary/aromatic N) is 1. The zero-order valence-electron chi connectivity index (χ0n) is 16.8. The molecule has 1 saturated heterocycles. The van der Waals surface area contributed by atoms with Crippen LogP contribution in [0.25, 0.3) is 6.08 Å². The van der Waals surface area contributed by atoms with Crippen molar-refractivity contribution in [3.05, 3.63) is 71.8 Å². The highest BCUT2D eigenvalue weighted by Crippen LogP contribution is 2.15. The third kappa shape index (κ3) is 6.49. The van der Waals surface area contributed by atoms with Crippen LogP contribution in [0.3, 0.4) is 0 Å². The average Bonchev–Trinajstić information content (AvgIpc) is 2.75. The summed E-state index contributed by atoms with van der Waals surface area (Å²) in [5.41, 5.74) is 1.98. The minimum atomic E-state index is -0.0898. The molecule has 5 heteroatoms. The summed E-state index contributed by atoms with van der Waals surface area (Å²) in [6.45, 7) is 3.92. The van der Waals surface area contributed by atoms with Crippen LogP contribution >= 0.6 is 0 Å². The minimum Gasteiger partial charge on any atom is -0.494 e. The van der Waals surface area contributed by atoms with Crippen molar-refractivity contribution in [3.63, 3.8) is 0 Å². The second-order valence-electron chi connectivity index (χ2n) is 7.16. The van der Waals surface area contributed by atoms with Crippen LogP contribution in [-0.4, -0.2) is 42.5 Å². The second kappa shape index (κ2) is 10.5. The summed E-state index contributed by atoms with van der Waals surface area (Å²) in [5.74, 6) is 0.859. The van der Waals surface area contributed by atoms with Crippen molar-refractivity contribution in [1.82, 2.24) is 10.2 Å². The number of hydrogen-bond donors (Lipinski definition) is 1. The van der Waals surface area contributed by atoms with E-state index in [9.17, 15) is 9.59 Å². The number of benzene rings is 2. The first kappa shape index (κ1) is 20.6. The number of rotatable bonds is 7. The molecule has 1 aliphatic heterocycles. The van der Waals surface area contributed by atoms with Crippen molar-refractivity contribution in [1.29, 1.82) is 0 Å². The molecule has 2 amide bonds. The first-order valence-corrected chi connectivity index (χ1v) is 10.2. The fourth-order valence-corrected chi connectivity index (χ4v) is 3.42. The van der Waals surface area contributed by atoms with Crippen LogP contribution in [0.15, 0.2) is 60.7 Å². The van der Waals surface area contributed by atoms with E-state index in [0.29, 0.717) is 26.1 Å². The largest absolute Gasteiger partial charge is 0.494 e. The molecule has 1 aliphatic rings. The Morgan fingerprint density at radius 3 is 2.41 bits per heavy atom. The van der Waals surface area contributed by atoms with Gasteiger partial charge in [-0.1, -0.05) is 42.5 Å². The predicted molar refractivity (Wildman–Crippen MR) is 115 cm³/mol. The van der Waals surface area contributed by atoms with Gasteiger partial charge in [-0.15, -0.1) is 0 Å². The lowest BCUT2D eigenvalue weighted by Crippen LogP contribution is -2.46. The van der Waals surface area contributed by atoms with E-state index in [1.807, 2.05) is 72.5 Å². The number of carbonyl (C=O) groups excluding carboxylic acids is 2. The van der Waals surface area contributed by atoms with Crippen LogP contribution in [0.2, 0.25) is 0 Å². The Morgan fingerprint density at radius 2 is 1.76 bits per heavy atom. The molecule has 0 aromatic heterocycles. The van der Waals surface area contributed by atoms with Gasteiger partial charge in [0, 0.05) is 25.2 Å². The molecule has 0 spiro atoms. The summed E-state index contributed by atoms with van der Waals surface area (Å²) in [5, 5.41) is 3.04. The lowest BCUT2D eigenvalue weighted by atomic mass is 10.0. The van der Waals surface area contributed by atoms with E-state index >= 15 is 0 Å². The van der Waals surface area contributed by atoms with Gasteiger partial charge in [-0.25, -0.2) is 0 Å². The lowest BCUT2D eigenvalue weighted by molar-refractivity contribution is -0.131. The molecule has 0 bridgehead atoms. The van der Waals surface area contributed by atoms with Crippen LogP contribution in [0.4, 0.5) is 0 Å². The van der Waals surface area contributed by atoms with Crippen molar-refractivity contribution < 1.29 is 14.3 Å². The molecule has 5 nitrogen and oxygen atoms in total. The Balaban J connectivity index is 1.41. The fraction of sp³-hybridized carbons (Fsp3) is 0.333. The highest BCUT2D eigenvalue weighted by atomic mass is 16.5. The molecule has 0 saturated carbocycles. The Hall–Kier alpha value is -3.08. The average molecular weight is 392 g/mol. The van der Waals surface area contributed by atoms with Crippen molar-refractivity contribution in [2.24, 2.45) is 0 Å². The van der Waals surface area contributed by atoms with Gasteiger partial charge in [-0.2, -0.15) is 0 Å². The molecule has 29 heavy (non-hydrogen) atoms. The third-order valence-corrected chi connectivity index (χ3v) is 5.01. The van der Waals surface area contributed by atoms with E-state index in [-0.39, 0.29) is 17.9 Å². The number of ether oxygens (including phenoxy) is 1. The maximum absolute atomic E-state index is 12.6. The Kier molecular flexibility index (Phi) is 7.45. The van der Waals surface area contributed by atoms with Gasteiger partial charge in [0.1, 0.15) is 5.75 Å². The van der Waals surface area contributed by atoms with Gasteiger partial charge in [-0.3, -0.25) is 9.59 Å². The van der Waals surface area contributed by atoms with E-state index in [2.05, 4.69) is 5.32 Å². The van der Waals surface area contributed by atoms with E-state index in [4.69, 9.17) is 4.74 Å². The molecule has 0 radical (unpaired) electrons. The molecule has 1 N–H and O–H groups in total. The van der Waals surface area contributed by atoms with Gasteiger partial charge in [0.05, 0.1) is 13.0 Å². The molecule has 2 aromatic rings. The Morgan fingerprint density at radius 1 is 1.07 bits per heavy atom. The summed E-state index contributed by atoms with van der Waals surface area (Å²) in [7, 11) is 0. The van der Waals surface area contributed by atoms with Gasteiger partial charge in [0.2, 0.25) is 11.8 Å². The van der Waals surface area contributed by atoms with Crippen molar-refractivity contribution in [2.75, 3.05) is 19.7 Å². The number of carbonyl (C=O) groups is 2. The molecule has 1 fully saturated rings. The quantitative estimate of drug-likeness (QED) is 0.735. The number of amides is 2. The molecular formula is C24H28N2O3. The van der Waals surface area contributed by atoms with E-state index in [1.54, 1.807) is 6.08 Å². The van der Waals surface area contributed by atoms with E-state index < -0.39 is 0 Å². The standard InChI is InChI=1S/C24H28N2O3/c1-2-29-22-11-8-20(9-12-22)18-24(28)26-16-14-21(15-17-26)25-23(27)13-10-19-6-4-3-5-7-19/h3-13,21H,2,14-18H2,1H3,(H,25,27)/b13-10+. The summed E-state index contributed by atoms with van der Waals surface area (Å²) in [6, 6.07) is 17.5. The molecule has 152 valence electrons. The van der Waals surface area contributed by atoms with Crippen LogP contribution in [-0.2, 0) is 16.0 Å². The maximum atomic E-state index is 12.6. The first-order valence-electron chi connectivity index (χ1n) is 10.2. The van der Waals surface area contributed by atoms with Gasteiger partial charge in [-0.05, 0) is 49.1 Å². The van der Waals surface area contributed by atoms with Crippen LogP contribution < -0.4 is 10.1 Å². The Bertz CT molecular complexity index is 823. The number of hydrogen-bond acceptors (Lipinski definition) is 3. The zero-order valence-corrected chi connectivity index (χ0v) is 16.8. The molecule has 0 unspecified atom stereocenters. The summed E-state index contributed by atoms with van der Waals surface area (Å²) >= 11 is 0. The molecule has 2 aromatic carbocycles. The van der Waals surface area contributed by atoms with Gasteiger partial charge < -0.3 is 15.0 Å². The smallest absolute Gasteiger partial charge is 0.244 e. The summed E-state index contributed by atoms with van der Waals surface area (Å²) in [4.78, 5) is 26.6. The Labute approximate surface area is 172 Å². The summed E-state index contributed by atoms with van der Waals surface area (Å²) in [6.07, 6.45) is 5.33. The topological polar surface area (TPSA) is 58.6 Å². The number of piperidine rings is 1. The number of nitrogens with one attached hydrogen (secondary N) is 1. The van der Waals surface area contributed by atoms with Crippen molar-refractivity contribution in [2.45, 2.75) is 32.2 Å². The second-order valence-corrected chi connectivity index (χ2v) is 7.16. The van der Waals surface area contributed by atoms with Gasteiger partial charge in [0.15, 0.2) is 0 Å². The minimum absolute atomic E-state index is 0.0898. The molecule has 0 aliphatic carbocycles. The molecule has 1 heterocycles. The van der Waals surface area contributed by atoms with Crippen molar-refractivity contribution in [3.8, 4) is 5.75 Å². The number of likely N-dealkylation sites (tertiary alicyclic amines) is 1. The van der Waals surface area contributed by atoms with Crippen LogP contribution in [0, 0.1) is 0 Å². The first-order chi connectivity index (χ1) is 14.1. The van der Waals surface area contributed by atoms with Crippen LogP contribution in [0.1, 0.15) is 30.9 Å². The SMILES string of the molecule is CCOc1ccc(CC(=O)N2CCC(NC(=O)/C=C/c3ccccc3)CC2)cc1. The molecule has 0 atom stereocenters. The van der Waals surface area contributed by atoms with Gasteiger partial charge in [0.25, 0.3) is 0 Å². The lowest BCUT2D eigenvalue weighted by Gasteiger charge is -2.32. The van der Waals surface area contributed by atoms with E-state index in [0.717, 1.165) is 29.7 Å². The zero-order chi connectivity index (χ0) is 20.5. The monoisotopic (exact) mass is 392 g/mol. The normalized spacial score (nSPS) is 14.7. The van der Waals surface area contributed by atoms with Crippen LogP contribution in [0.5, 0.6) is 5.75 Å². The predicted octanol–water partition coefficient (Wildman–Crippen LogP) is 3.45. The van der Waals surface area contributed by atoms with E-state index in [1.165, 1.54) is 0 Å². The third-order valence-electron chi connectivity index (χ3n) is 5.01. The van der Waals surface area contributed by atoms with Crippen molar-refractivity contribution >= 4 is 17.9 Å². The van der Waals surface area contributed by atoms with Gasteiger partial charge >= 0.3 is 0 Å². The highest BCUT2D eigenvalue weighted by molar-refractivity contribution is 5.91. The highest BCUT2D eigenvalue weighted by Gasteiger charge is 2.23. The maximum Gasteiger partial charge on any atom is 0.244 e. The molecule has 3 rings (SSSR count). The summed E-state index contributed by atoms with van der Waals surface area (Å²) < 4.78 is 5.43. The fourth-order valence-electron chi connectivity index (χ4n) is 3.42.